The maximum absolute atomic E-state index is 11.8. The minimum atomic E-state index is -0.913. The van der Waals surface area contributed by atoms with Gasteiger partial charge in [0.15, 0.2) is 5.13 Å². The quantitative estimate of drug-likeness (QED) is 0.589. The second-order valence-electron chi connectivity index (χ2n) is 6.07. The summed E-state index contributed by atoms with van der Waals surface area (Å²) in [7, 11) is 0. The van der Waals surface area contributed by atoms with Crippen molar-refractivity contribution in [3.63, 3.8) is 0 Å². The van der Waals surface area contributed by atoms with E-state index in [9.17, 15) is 14.4 Å². The zero-order valence-electron chi connectivity index (χ0n) is 14.0. The molecule has 7 nitrogen and oxygen atoms in total. The molecule has 0 aromatic carbocycles. The van der Waals surface area contributed by atoms with Crippen molar-refractivity contribution in [3.8, 4) is 0 Å². The molecule has 0 spiro atoms. The molecule has 2 rings (SSSR count). The van der Waals surface area contributed by atoms with Crippen LogP contribution in [0.15, 0.2) is 10.4 Å². The predicted octanol–water partition coefficient (Wildman–Crippen LogP) is 3.72. The molecule has 0 aliphatic heterocycles. The molecule has 9 heteroatoms. The van der Waals surface area contributed by atoms with Crippen molar-refractivity contribution in [3.05, 3.63) is 6.20 Å². The van der Waals surface area contributed by atoms with Crippen molar-refractivity contribution in [2.45, 2.75) is 55.6 Å². The number of amides is 3. The number of aliphatic carboxylic acids is 1. The van der Waals surface area contributed by atoms with Crippen LogP contribution in [0.3, 0.4) is 0 Å². The lowest BCUT2D eigenvalue weighted by molar-refractivity contribution is -0.134. The minimum Gasteiger partial charge on any atom is -0.481 e. The lowest BCUT2D eigenvalue weighted by atomic mass is 9.86. The number of carboxylic acid groups (broad SMARTS) is 1. The number of hydrogen-bond donors (Lipinski definition) is 3. The first-order chi connectivity index (χ1) is 12.0. The molecule has 0 atom stereocenters. The number of rotatable bonds is 8. The average molecular weight is 386 g/mol. The molecule has 1 aliphatic rings. The number of hydrogen-bond acceptors (Lipinski definition) is 6. The Kier molecular flexibility index (Phi) is 8.20. The van der Waals surface area contributed by atoms with Crippen LogP contribution in [0.1, 0.15) is 51.4 Å². The molecule has 25 heavy (non-hydrogen) atoms. The summed E-state index contributed by atoms with van der Waals surface area (Å²) < 4.78 is 0.691. The molecule has 0 unspecified atom stereocenters. The lowest BCUT2D eigenvalue weighted by Gasteiger charge is -2.21. The fourth-order valence-electron chi connectivity index (χ4n) is 2.86. The monoisotopic (exact) mass is 385 g/mol. The van der Waals surface area contributed by atoms with E-state index in [1.165, 1.54) is 49.6 Å². The highest BCUT2D eigenvalue weighted by atomic mass is 32.2. The summed E-state index contributed by atoms with van der Waals surface area (Å²) in [5, 5.41) is 13.8. The number of anilines is 1. The summed E-state index contributed by atoms with van der Waals surface area (Å²) in [6, 6.07) is -0.605. The lowest BCUT2D eigenvalue weighted by Crippen LogP contribution is -2.34. The van der Waals surface area contributed by atoms with E-state index in [1.54, 1.807) is 0 Å². The number of imide groups is 1. The zero-order chi connectivity index (χ0) is 18.1. The number of carbonyl (C=O) groups excluding carboxylic acids is 2. The van der Waals surface area contributed by atoms with E-state index in [-0.39, 0.29) is 11.7 Å². The van der Waals surface area contributed by atoms with Crippen molar-refractivity contribution in [2.75, 3.05) is 11.1 Å². The molecule has 3 amide bonds. The molecule has 0 radical (unpaired) electrons. The minimum absolute atomic E-state index is 0.0622. The zero-order valence-corrected chi connectivity index (χ0v) is 15.6. The Morgan fingerprint density at radius 1 is 1.28 bits per heavy atom. The van der Waals surface area contributed by atoms with E-state index >= 15 is 0 Å². The third-order valence-electron chi connectivity index (χ3n) is 4.04. The Bertz CT molecular complexity index is 600. The van der Waals surface area contributed by atoms with Crippen molar-refractivity contribution in [1.29, 1.82) is 0 Å². The molecule has 1 aliphatic carbocycles. The van der Waals surface area contributed by atoms with Crippen LogP contribution in [0, 0.1) is 5.92 Å². The van der Waals surface area contributed by atoms with Crippen LogP contribution in [0.5, 0.6) is 0 Å². The van der Waals surface area contributed by atoms with Crippen LogP contribution in [0.25, 0.3) is 0 Å². The Hall–Kier alpha value is -1.61. The van der Waals surface area contributed by atoms with Crippen LogP contribution in [-0.2, 0) is 9.59 Å². The maximum atomic E-state index is 11.8. The highest BCUT2D eigenvalue weighted by Gasteiger charge is 2.15. The number of nitrogens with one attached hydrogen (secondary N) is 2. The van der Waals surface area contributed by atoms with Gasteiger partial charge in [0, 0.05) is 6.42 Å². The summed E-state index contributed by atoms with van der Waals surface area (Å²) in [6.07, 6.45) is 10.1. The molecule has 1 aromatic rings. The molecular formula is C16H23N3O4S2. The van der Waals surface area contributed by atoms with E-state index in [1.807, 2.05) is 0 Å². The molecule has 138 valence electrons. The van der Waals surface area contributed by atoms with Gasteiger partial charge >= 0.3 is 12.0 Å². The maximum Gasteiger partial charge on any atom is 0.327 e. The van der Waals surface area contributed by atoms with Gasteiger partial charge in [-0.3, -0.25) is 20.2 Å². The van der Waals surface area contributed by atoms with Gasteiger partial charge < -0.3 is 5.11 Å². The smallest absolute Gasteiger partial charge is 0.327 e. The third-order valence-corrected chi connectivity index (χ3v) is 6.13. The number of carboxylic acids is 1. The predicted molar refractivity (Wildman–Crippen MR) is 98.1 cm³/mol. The second kappa shape index (κ2) is 10.4. The van der Waals surface area contributed by atoms with Crippen molar-refractivity contribution >= 4 is 46.1 Å². The van der Waals surface area contributed by atoms with Gasteiger partial charge in [-0.25, -0.2) is 9.78 Å². The van der Waals surface area contributed by atoms with Gasteiger partial charge in [-0.2, -0.15) is 0 Å². The first-order valence-electron chi connectivity index (χ1n) is 8.44. The van der Waals surface area contributed by atoms with Crippen molar-refractivity contribution < 1.29 is 19.5 Å². The summed E-state index contributed by atoms with van der Waals surface area (Å²) >= 11 is 2.30. The van der Waals surface area contributed by atoms with E-state index in [4.69, 9.17) is 5.11 Å². The van der Waals surface area contributed by atoms with Gasteiger partial charge in [-0.05, 0) is 18.8 Å². The van der Waals surface area contributed by atoms with Gasteiger partial charge in [-0.1, -0.05) is 43.4 Å². The summed E-state index contributed by atoms with van der Waals surface area (Å²) in [4.78, 5) is 38.1. The van der Waals surface area contributed by atoms with Crippen LogP contribution in [0.2, 0.25) is 0 Å². The largest absolute Gasteiger partial charge is 0.481 e. The Morgan fingerprint density at radius 2 is 2.04 bits per heavy atom. The van der Waals surface area contributed by atoms with E-state index < -0.39 is 12.0 Å². The van der Waals surface area contributed by atoms with Crippen molar-refractivity contribution in [1.82, 2.24) is 10.3 Å². The van der Waals surface area contributed by atoms with Crippen LogP contribution < -0.4 is 10.6 Å². The number of carbonyl (C=O) groups is 3. The van der Waals surface area contributed by atoms with Gasteiger partial charge in [0.05, 0.1) is 16.2 Å². The number of thioether (sulfide) groups is 1. The molecule has 3 N–H and O–H groups in total. The van der Waals surface area contributed by atoms with E-state index in [2.05, 4.69) is 15.6 Å². The van der Waals surface area contributed by atoms with E-state index in [0.29, 0.717) is 15.8 Å². The van der Waals surface area contributed by atoms with Gasteiger partial charge in [-0.15, -0.1) is 11.8 Å². The summed E-state index contributed by atoms with van der Waals surface area (Å²) in [6.45, 7) is 0. The van der Waals surface area contributed by atoms with E-state index in [0.717, 1.165) is 30.5 Å². The summed E-state index contributed by atoms with van der Waals surface area (Å²) in [5.41, 5.74) is 0. The highest BCUT2D eigenvalue weighted by Crippen LogP contribution is 2.28. The molecule has 1 fully saturated rings. The fourth-order valence-corrected chi connectivity index (χ4v) is 4.45. The van der Waals surface area contributed by atoms with Crippen LogP contribution in [0.4, 0.5) is 9.93 Å². The molecule has 0 saturated heterocycles. The third kappa shape index (κ3) is 7.87. The van der Waals surface area contributed by atoms with Gasteiger partial charge in [0.25, 0.3) is 0 Å². The molecular weight excluding hydrogens is 362 g/mol. The van der Waals surface area contributed by atoms with Gasteiger partial charge in [0.2, 0.25) is 5.91 Å². The topological polar surface area (TPSA) is 108 Å². The average Bonchev–Trinajstić information content (AvgIpc) is 3.01. The Morgan fingerprint density at radius 3 is 2.76 bits per heavy atom. The molecule has 1 heterocycles. The normalized spacial score (nSPS) is 14.9. The number of thiazole rings is 1. The molecule has 0 bridgehead atoms. The standard InChI is InChI=1S/C16H23N3O4S2/c20-12(8-4-7-11-5-2-1-3-6-11)18-15(23)19-16-17-9-14(25-16)24-10-13(21)22/h9,11H,1-8,10H2,(H,21,22)(H2,17,18,19,20,23). The highest BCUT2D eigenvalue weighted by molar-refractivity contribution is 8.01. The number of nitrogens with zero attached hydrogens (tertiary/aromatic N) is 1. The molecule has 1 aromatic heterocycles. The number of urea groups is 1. The van der Waals surface area contributed by atoms with Crippen molar-refractivity contribution in [2.24, 2.45) is 5.92 Å². The Labute approximate surface area is 155 Å². The molecule has 1 saturated carbocycles. The van der Waals surface area contributed by atoms with Gasteiger partial charge in [0.1, 0.15) is 0 Å². The number of aromatic nitrogens is 1. The van der Waals surface area contributed by atoms with Crippen LogP contribution in [-0.4, -0.2) is 33.8 Å². The summed E-state index contributed by atoms with van der Waals surface area (Å²) in [5.74, 6) is -0.532. The first kappa shape index (κ1) is 19.7. The SMILES string of the molecule is O=C(O)CSc1cnc(NC(=O)NC(=O)CCCC2CCCCC2)s1. The second-order valence-corrected chi connectivity index (χ2v) is 8.37. The van der Waals surface area contributed by atoms with Crippen LogP contribution >= 0.6 is 23.1 Å². The first-order valence-corrected chi connectivity index (χ1v) is 10.2. The Balaban J connectivity index is 1.63. The fraction of sp³-hybridized carbons (Fsp3) is 0.625.